The van der Waals surface area contributed by atoms with E-state index in [0.29, 0.717) is 5.92 Å². The van der Waals surface area contributed by atoms with Crippen molar-refractivity contribution in [2.45, 2.75) is 39.7 Å². The van der Waals surface area contributed by atoms with E-state index in [1.165, 1.54) is 0 Å². The topological polar surface area (TPSA) is 29.1 Å². The molecule has 0 amide bonds. The van der Waals surface area contributed by atoms with E-state index in [1.807, 2.05) is 7.05 Å². The van der Waals surface area contributed by atoms with Crippen molar-refractivity contribution in [1.82, 2.24) is 5.32 Å². The Morgan fingerprint density at radius 3 is 2.17 bits per heavy atom. The minimum atomic E-state index is 0.0653. The van der Waals surface area contributed by atoms with Crippen LogP contribution in [0.15, 0.2) is 0 Å². The molecule has 0 aromatic heterocycles. The lowest BCUT2D eigenvalue weighted by Gasteiger charge is -2.28. The fourth-order valence-electron chi connectivity index (χ4n) is 1.13. The highest BCUT2D eigenvalue weighted by Gasteiger charge is 2.22. The molecule has 1 unspecified atom stereocenters. The van der Waals surface area contributed by atoms with E-state index < -0.39 is 0 Å². The smallest absolute Gasteiger partial charge is 0.123 e. The van der Waals surface area contributed by atoms with Crippen molar-refractivity contribution in [3.05, 3.63) is 0 Å². The van der Waals surface area contributed by atoms with Gasteiger partial charge in [-0.15, -0.1) is 0 Å². The van der Waals surface area contributed by atoms with Crippen LogP contribution < -0.4 is 5.32 Å². The maximum Gasteiger partial charge on any atom is 0.123 e. The quantitative estimate of drug-likeness (QED) is 0.640. The minimum absolute atomic E-state index is 0.0653. The van der Waals surface area contributed by atoms with Gasteiger partial charge in [-0.25, -0.2) is 0 Å². The third kappa shape index (κ3) is 3.86. The van der Waals surface area contributed by atoms with Crippen molar-refractivity contribution < 1.29 is 4.79 Å². The Balaban J connectivity index is 4.10. The summed E-state index contributed by atoms with van der Waals surface area (Å²) in [5.41, 5.74) is 0.0653. The van der Waals surface area contributed by atoms with Gasteiger partial charge in [0.25, 0.3) is 0 Å². The molecule has 0 rings (SSSR count). The van der Waals surface area contributed by atoms with Gasteiger partial charge in [0.05, 0.1) is 0 Å². The van der Waals surface area contributed by atoms with Gasteiger partial charge in [0.1, 0.15) is 6.29 Å². The van der Waals surface area contributed by atoms with Crippen molar-refractivity contribution >= 4 is 6.29 Å². The summed E-state index contributed by atoms with van der Waals surface area (Å²) in [6.07, 6.45) is 1.98. The normalized spacial score (nSPS) is 14.8. The van der Waals surface area contributed by atoms with Crippen LogP contribution in [0.1, 0.15) is 34.1 Å². The van der Waals surface area contributed by atoms with Crippen molar-refractivity contribution in [3.8, 4) is 0 Å². The molecule has 0 aliphatic rings. The Morgan fingerprint density at radius 1 is 1.42 bits per heavy atom. The van der Waals surface area contributed by atoms with Crippen LogP contribution in [-0.2, 0) is 4.79 Å². The molecule has 72 valence electrons. The Bertz CT molecular complexity index is 141. The predicted octanol–water partition coefficient (Wildman–Crippen LogP) is 1.85. The maximum atomic E-state index is 10.7. The highest BCUT2D eigenvalue weighted by molar-refractivity contribution is 5.54. The van der Waals surface area contributed by atoms with Gasteiger partial charge in [-0.3, -0.25) is 0 Å². The summed E-state index contributed by atoms with van der Waals surface area (Å²) in [5, 5.41) is 3.20. The molecule has 0 heterocycles. The monoisotopic (exact) mass is 171 g/mol. The Morgan fingerprint density at radius 2 is 1.92 bits per heavy atom. The summed E-state index contributed by atoms with van der Waals surface area (Å²) in [7, 11) is 1.93. The van der Waals surface area contributed by atoms with Crippen molar-refractivity contribution in [3.63, 3.8) is 0 Å². The van der Waals surface area contributed by atoms with Crippen LogP contribution in [0.2, 0.25) is 0 Å². The first-order chi connectivity index (χ1) is 5.43. The van der Waals surface area contributed by atoms with E-state index in [2.05, 4.69) is 33.0 Å². The van der Waals surface area contributed by atoms with E-state index in [0.717, 1.165) is 12.7 Å². The standard InChI is InChI=1S/C10H21NO/c1-8(2)9(7-12)6-10(3,4)11-5/h7-9,11H,6H2,1-5H3. The zero-order valence-electron chi connectivity index (χ0n) is 8.85. The summed E-state index contributed by atoms with van der Waals surface area (Å²) in [6, 6.07) is 0. The van der Waals surface area contributed by atoms with Gasteiger partial charge in [-0.05, 0) is 33.2 Å². The Hall–Kier alpha value is -0.370. The lowest BCUT2D eigenvalue weighted by molar-refractivity contribution is -0.112. The van der Waals surface area contributed by atoms with Crippen LogP contribution in [0.25, 0.3) is 0 Å². The summed E-state index contributed by atoms with van der Waals surface area (Å²) in [4.78, 5) is 10.7. The molecule has 0 spiro atoms. The van der Waals surface area contributed by atoms with Crippen molar-refractivity contribution in [2.75, 3.05) is 7.05 Å². The first-order valence-corrected chi connectivity index (χ1v) is 4.57. The third-order valence-electron chi connectivity index (χ3n) is 2.45. The highest BCUT2D eigenvalue weighted by atomic mass is 16.1. The van der Waals surface area contributed by atoms with Gasteiger partial charge < -0.3 is 10.1 Å². The van der Waals surface area contributed by atoms with Gasteiger partial charge in [0, 0.05) is 11.5 Å². The molecule has 1 N–H and O–H groups in total. The largest absolute Gasteiger partial charge is 0.315 e. The average molecular weight is 171 g/mol. The second-order valence-electron chi connectivity index (χ2n) is 4.38. The molecule has 0 radical (unpaired) electrons. The van der Waals surface area contributed by atoms with E-state index >= 15 is 0 Å². The van der Waals surface area contributed by atoms with Crippen LogP contribution in [0.3, 0.4) is 0 Å². The van der Waals surface area contributed by atoms with Gasteiger partial charge in [0.2, 0.25) is 0 Å². The van der Waals surface area contributed by atoms with E-state index in [-0.39, 0.29) is 11.5 Å². The predicted molar refractivity (Wildman–Crippen MR) is 52.1 cm³/mol. The second-order valence-corrected chi connectivity index (χ2v) is 4.38. The molecule has 0 fully saturated rings. The second kappa shape index (κ2) is 4.61. The average Bonchev–Trinajstić information content (AvgIpc) is 2.00. The number of hydrogen-bond donors (Lipinski definition) is 1. The fraction of sp³-hybridized carbons (Fsp3) is 0.900. The van der Waals surface area contributed by atoms with Gasteiger partial charge in [-0.1, -0.05) is 13.8 Å². The maximum absolute atomic E-state index is 10.7. The van der Waals surface area contributed by atoms with Gasteiger partial charge >= 0.3 is 0 Å². The lowest BCUT2D eigenvalue weighted by atomic mass is 9.85. The fourth-order valence-corrected chi connectivity index (χ4v) is 1.13. The molecule has 0 saturated carbocycles. The SMILES string of the molecule is CNC(C)(C)CC(C=O)C(C)C. The summed E-state index contributed by atoms with van der Waals surface area (Å²) < 4.78 is 0. The molecular weight excluding hydrogens is 150 g/mol. The first-order valence-electron chi connectivity index (χ1n) is 4.57. The van der Waals surface area contributed by atoms with E-state index in [1.54, 1.807) is 0 Å². The summed E-state index contributed by atoms with van der Waals surface area (Å²) in [6.45, 7) is 8.41. The molecule has 12 heavy (non-hydrogen) atoms. The number of hydrogen-bond acceptors (Lipinski definition) is 2. The molecule has 2 heteroatoms. The summed E-state index contributed by atoms with van der Waals surface area (Å²) >= 11 is 0. The number of carbonyl (C=O) groups excluding carboxylic acids is 1. The van der Waals surface area contributed by atoms with Crippen LogP contribution in [0, 0.1) is 11.8 Å². The van der Waals surface area contributed by atoms with Crippen LogP contribution in [-0.4, -0.2) is 18.9 Å². The molecule has 0 bridgehead atoms. The molecule has 0 aliphatic carbocycles. The summed E-state index contributed by atoms with van der Waals surface area (Å²) in [5.74, 6) is 0.613. The van der Waals surface area contributed by atoms with E-state index in [4.69, 9.17) is 0 Å². The number of rotatable bonds is 5. The van der Waals surface area contributed by atoms with Crippen molar-refractivity contribution in [2.24, 2.45) is 11.8 Å². The van der Waals surface area contributed by atoms with Gasteiger partial charge in [0.15, 0.2) is 0 Å². The molecular formula is C10H21NO. The van der Waals surface area contributed by atoms with E-state index in [9.17, 15) is 4.79 Å². The molecule has 2 nitrogen and oxygen atoms in total. The van der Waals surface area contributed by atoms with Crippen molar-refractivity contribution in [1.29, 1.82) is 0 Å². The first kappa shape index (κ1) is 11.6. The van der Waals surface area contributed by atoms with Crippen LogP contribution in [0.4, 0.5) is 0 Å². The van der Waals surface area contributed by atoms with Crippen LogP contribution >= 0.6 is 0 Å². The minimum Gasteiger partial charge on any atom is -0.315 e. The number of nitrogens with one attached hydrogen (secondary N) is 1. The molecule has 1 atom stereocenters. The number of carbonyl (C=O) groups is 1. The zero-order chi connectivity index (χ0) is 9.78. The number of aldehydes is 1. The van der Waals surface area contributed by atoms with Crippen LogP contribution in [0.5, 0.6) is 0 Å². The molecule has 0 aliphatic heterocycles. The lowest BCUT2D eigenvalue weighted by Crippen LogP contribution is -2.39. The Kier molecular flexibility index (Phi) is 4.46. The molecule has 0 aromatic rings. The molecule has 0 aromatic carbocycles. The highest BCUT2D eigenvalue weighted by Crippen LogP contribution is 2.20. The van der Waals surface area contributed by atoms with Gasteiger partial charge in [-0.2, -0.15) is 0 Å². The zero-order valence-corrected chi connectivity index (χ0v) is 8.85. The Labute approximate surface area is 75.7 Å². The molecule has 0 saturated heterocycles. The third-order valence-corrected chi connectivity index (χ3v) is 2.45.